The van der Waals surface area contributed by atoms with E-state index in [1.807, 2.05) is 7.05 Å². The lowest BCUT2D eigenvalue weighted by atomic mass is 10.0. The Hall–Kier alpha value is -2.57. The van der Waals surface area contributed by atoms with Gasteiger partial charge in [-0.15, -0.1) is 0 Å². The van der Waals surface area contributed by atoms with Gasteiger partial charge in [-0.05, 0) is 48.9 Å². The van der Waals surface area contributed by atoms with E-state index in [1.165, 1.54) is 23.2 Å². The number of guanidine groups is 1. The van der Waals surface area contributed by atoms with Gasteiger partial charge in [0.2, 0.25) is 0 Å². The number of hydrogen-bond acceptors (Lipinski definition) is 4. The van der Waals surface area contributed by atoms with Gasteiger partial charge in [-0.1, -0.05) is 42.5 Å². The molecule has 32 heavy (non-hydrogen) atoms. The first-order valence-corrected chi connectivity index (χ1v) is 11.8. The van der Waals surface area contributed by atoms with Gasteiger partial charge in [-0.2, -0.15) is 0 Å². The predicted molar refractivity (Wildman–Crippen MR) is 130 cm³/mol. The second-order valence-corrected chi connectivity index (χ2v) is 8.63. The molecule has 2 heterocycles. The summed E-state index contributed by atoms with van der Waals surface area (Å²) in [4.78, 5) is 6.91. The zero-order chi connectivity index (χ0) is 22.0. The maximum Gasteiger partial charge on any atom is 0.191 e. The number of aliphatic imine (C=N–C) groups is 1. The summed E-state index contributed by atoms with van der Waals surface area (Å²) in [6.07, 6.45) is 4.64. The van der Waals surface area contributed by atoms with E-state index in [4.69, 9.17) is 9.47 Å². The summed E-state index contributed by atoms with van der Waals surface area (Å²) in [5, 5.41) is 7.10. The van der Waals surface area contributed by atoms with Crippen molar-refractivity contribution in [3.05, 3.63) is 65.7 Å². The lowest BCUT2D eigenvalue weighted by Gasteiger charge is -2.35. The number of rotatable bonds is 7. The van der Waals surface area contributed by atoms with Crippen molar-refractivity contribution in [2.75, 3.05) is 38.3 Å². The number of ether oxygens (including phenoxy) is 2. The topological polar surface area (TPSA) is 58.1 Å². The molecule has 0 bridgehead atoms. The van der Waals surface area contributed by atoms with E-state index >= 15 is 0 Å². The fraction of sp³-hybridized carbons (Fsp3) is 0.500. The van der Waals surface area contributed by atoms with E-state index in [1.54, 1.807) is 0 Å². The lowest BCUT2D eigenvalue weighted by Crippen LogP contribution is -2.51. The molecule has 0 aromatic heterocycles. The van der Waals surface area contributed by atoms with Crippen molar-refractivity contribution in [3.63, 3.8) is 0 Å². The molecule has 2 aromatic rings. The first-order chi connectivity index (χ1) is 15.8. The van der Waals surface area contributed by atoms with E-state index < -0.39 is 0 Å². The molecule has 4 rings (SSSR count). The summed E-state index contributed by atoms with van der Waals surface area (Å²) in [5.74, 6) is 0.855. The van der Waals surface area contributed by atoms with Gasteiger partial charge in [0.05, 0.1) is 12.7 Å². The third-order valence-corrected chi connectivity index (χ3v) is 6.21. The summed E-state index contributed by atoms with van der Waals surface area (Å²) < 4.78 is 11.5. The highest BCUT2D eigenvalue weighted by molar-refractivity contribution is 5.80. The fourth-order valence-corrected chi connectivity index (χ4v) is 4.43. The van der Waals surface area contributed by atoms with Crippen molar-refractivity contribution in [1.82, 2.24) is 10.6 Å². The molecule has 1 atom stereocenters. The van der Waals surface area contributed by atoms with Gasteiger partial charge < -0.3 is 25.0 Å². The van der Waals surface area contributed by atoms with Crippen LogP contribution in [0.15, 0.2) is 59.6 Å². The van der Waals surface area contributed by atoms with E-state index in [9.17, 15) is 0 Å². The van der Waals surface area contributed by atoms with Gasteiger partial charge in [-0.3, -0.25) is 4.99 Å². The Morgan fingerprint density at radius 2 is 1.88 bits per heavy atom. The molecule has 2 aromatic carbocycles. The number of anilines is 1. The van der Waals surface area contributed by atoms with Crippen LogP contribution in [0.3, 0.4) is 0 Å². The van der Waals surface area contributed by atoms with Gasteiger partial charge in [0.1, 0.15) is 0 Å². The van der Waals surface area contributed by atoms with E-state index in [2.05, 4.69) is 75.1 Å². The minimum atomic E-state index is 0.319. The van der Waals surface area contributed by atoms with Gasteiger partial charge in [0, 0.05) is 51.6 Å². The molecule has 2 aliphatic heterocycles. The van der Waals surface area contributed by atoms with Crippen LogP contribution in [-0.4, -0.2) is 51.5 Å². The van der Waals surface area contributed by atoms with E-state index in [-0.39, 0.29) is 0 Å². The van der Waals surface area contributed by atoms with Gasteiger partial charge >= 0.3 is 0 Å². The van der Waals surface area contributed by atoms with E-state index in [0.29, 0.717) is 18.8 Å². The summed E-state index contributed by atoms with van der Waals surface area (Å²) >= 11 is 0. The normalized spacial score (nSPS) is 20.2. The number of nitrogens with zero attached hydrogens (tertiary/aromatic N) is 2. The van der Waals surface area contributed by atoms with Crippen LogP contribution in [0.4, 0.5) is 5.69 Å². The first-order valence-electron chi connectivity index (χ1n) is 11.8. The number of benzene rings is 2. The van der Waals surface area contributed by atoms with Crippen molar-refractivity contribution >= 4 is 11.6 Å². The number of nitrogens with one attached hydrogen (secondary N) is 2. The Bertz CT molecular complexity index is 852. The molecule has 0 spiro atoms. The van der Waals surface area contributed by atoms with Crippen LogP contribution in [0, 0.1) is 0 Å². The molecule has 0 radical (unpaired) electrons. The molecule has 0 aliphatic carbocycles. The smallest absolute Gasteiger partial charge is 0.191 e. The van der Waals surface area contributed by atoms with Crippen molar-refractivity contribution in [1.29, 1.82) is 0 Å². The molecular formula is C26H36N4O2. The maximum absolute atomic E-state index is 6.08. The Labute approximate surface area is 192 Å². The lowest BCUT2D eigenvalue weighted by molar-refractivity contribution is -0.0390. The molecule has 2 N–H and O–H groups in total. The van der Waals surface area contributed by atoms with Gasteiger partial charge in [-0.25, -0.2) is 0 Å². The third-order valence-electron chi connectivity index (χ3n) is 6.21. The minimum absolute atomic E-state index is 0.319. The molecule has 6 nitrogen and oxygen atoms in total. The second kappa shape index (κ2) is 11.9. The van der Waals surface area contributed by atoms with Crippen molar-refractivity contribution in [3.8, 4) is 0 Å². The Morgan fingerprint density at radius 1 is 1.06 bits per heavy atom. The first kappa shape index (κ1) is 22.6. The molecule has 0 amide bonds. The number of hydrogen-bond donors (Lipinski definition) is 2. The highest BCUT2D eigenvalue weighted by atomic mass is 16.5. The Morgan fingerprint density at radius 3 is 2.69 bits per heavy atom. The maximum atomic E-state index is 6.08. The summed E-state index contributed by atoms with van der Waals surface area (Å²) in [6, 6.07) is 19.7. The SMILES string of the molecule is CN=C(NCc1cccc(COC2CCOCC2)c1)NC1CCCN(c2ccccc2)C1. The van der Waals surface area contributed by atoms with Crippen LogP contribution in [0.1, 0.15) is 36.8 Å². The zero-order valence-corrected chi connectivity index (χ0v) is 19.1. The van der Waals surface area contributed by atoms with Crippen molar-refractivity contribution in [2.45, 2.75) is 51.0 Å². The third kappa shape index (κ3) is 6.71. The molecule has 2 aliphatic rings. The van der Waals surface area contributed by atoms with Crippen LogP contribution in [0.25, 0.3) is 0 Å². The molecule has 6 heteroatoms. The average Bonchev–Trinajstić information content (AvgIpc) is 2.87. The molecule has 2 fully saturated rings. The molecule has 0 saturated carbocycles. The largest absolute Gasteiger partial charge is 0.381 e. The van der Waals surface area contributed by atoms with Crippen molar-refractivity contribution < 1.29 is 9.47 Å². The molecule has 2 saturated heterocycles. The van der Waals surface area contributed by atoms with Crippen LogP contribution in [0.5, 0.6) is 0 Å². The van der Waals surface area contributed by atoms with E-state index in [0.717, 1.165) is 58.1 Å². The summed E-state index contributed by atoms with van der Waals surface area (Å²) in [6.45, 7) is 5.11. The highest BCUT2D eigenvalue weighted by Gasteiger charge is 2.21. The number of piperidine rings is 1. The van der Waals surface area contributed by atoms with Gasteiger partial charge in [0.25, 0.3) is 0 Å². The molecular weight excluding hydrogens is 400 g/mol. The summed E-state index contributed by atoms with van der Waals surface area (Å²) in [7, 11) is 1.84. The van der Waals surface area contributed by atoms with Crippen LogP contribution in [0.2, 0.25) is 0 Å². The number of para-hydroxylation sites is 1. The van der Waals surface area contributed by atoms with Crippen LogP contribution < -0.4 is 15.5 Å². The second-order valence-electron chi connectivity index (χ2n) is 8.63. The monoisotopic (exact) mass is 436 g/mol. The van der Waals surface area contributed by atoms with Crippen LogP contribution >= 0.6 is 0 Å². The summed E-state index contributed by atoms with van der Waals surface area (Å²) in [5.41, 5.74) is 3.74. The fourth-order valence-electron chi connectivity index (χ4n) is 4.43. The highest BCUT2D eigenvalue weighted by Crippen LogP contribution is 2.19. The minimum Gasteiger partial charge on any atom is -0.381 e. The zero-order valence-electron chi connectivity index (χ0n) is 19.1. The Balaban J connectivity index is 1.25. The standard InChI is InChI=1S/C26H36N4O2/c1-27-26(29-23-9-6-14-30(19-23)24-10-3-2-4-11-24)28-18-21-7-5-8-22(17-21)20-32-25-12-15-31-16-13-25/h2-5,7-8,10-11,17,23,25H,6,9,12-16,18-20H2,1H3,(H2,27,28,29). The predicted octanol–water partition coefficient (Wildman–Crippen LogP) is 3.72. The van der Waals surface area contributed by atoms with Gasteiger partial charge in [0.15, 0.2) is 5.96 Å². The Kier molecular flexibility index (Phi) is 8.40. The van der Waals surface area contributed by atoms with Crippen molar-refractivity contribution in [2.24, 2.45) is 4.99 Å². The molecule has 1 unspecified atom stereocenters. The van der Waals surface area contributed by atoms with Crippen LogP contribution in [-0.2, 0) is 22.6 Å². The molecule has 172 valence electrons. The quantitative estimate of drug-likeness (QED) is 0.512. The average molecular weight is 437 g/mol.